The maximum Gasteiger partial charge on any atom is 0.321 e. The van der Waals surface area contributed by atoms with Crippen molar-refractivity contribution in [2.45, 2.75) is 43.5 Å². The molecule has 3 amide bonds. The second-order valence-electron chi connectivity index (χ2n) is 5.86. The first kappa shape index (κ1) is 17.7. The SMILES string of the molecule is COc1cccc(SCC(=O)NC(=O)NC2CCCCC2C)c1. The molecule has 0 spiro atoms. The Kier molecular flexibility index (Phi) is 6.77. The maximum absolute atomic E-state index is 11.9. The summed E-state index contributed by atoms with van der Waals surface area (Å²) in [6.45, 7) is 2.14. The molecular weight excluding hydrogens is 312 g/mol. The van der Waals surface area contributed by atoms with Crippen LogP contribution in [0.15, 0.2) is 29.2 Å². The summed E-state index contributed by atoms with van der Waals surface area (Å²) in [6.07, 6.45) is 4.47. The maximum atomic E-state index is 11.9. The predicted molar refractivity (Wildman–Crippen MR) is 91.8 cm³/mol. The number of benzene rings is 1. The largest absolute Gasteiger partial charge is 0.497 e. The molecule has 1 saturated carbocycles. The fourth-order valence-electron chi connectivity index (χ4n) is 2.74. The number of thioether (sulfide) groups is 1. The van der Waals surface area contributed by atoms with Crippen LogP contribution in [0.25, 0.3) is 0 Å². The summed E-state index contributed by atoms with van der Waals surface area (Å²) in [4.78, 5) is 24.7. The Hall–Kier alpha value is -1.69. The van der Waals surface area contributed by atoms with Crippen molar-refractivity contribution in [2.24, 2.45) is 5.92 Å². The van der Waals surface area contributed by atoms with Gasteiger partial charge in [-0.1, -0.05) is 25.8 Å². The molecule has 1 aromatic rings. The molecule has 0 radical (unpaired) electrons. The predicted octanol–water partition coefficient (Wildman–Crippen LogP) is 3.19. The van der Waals surface area contributed by atoms with E-state index in [2.05, 4.69) is 17.6 Å². The third-order valence-corrected chi connectivity index (χ3v) is 5.09. The highest BCUT2D eigenvalue weighted by Gasteiger charge is 2.23. The molecule has 126 valence electrons. The summed E-state index contributed by atoms with van der Waals surface area (Å²) in [6, 6.07) is 7.27. The molecule has 1 aromatic carbocycles. The molecule has 1 aliphatic carbocycles. The lowest BCUT2D eigenvalue weighted by atomic mass is 9.86. The van der Waals surface area contributed by atoms with Crippen LogP contribution in [0.5, 0.6) is 5.75 Å². The lowest BCUT2D eigenvalue weighted by Crippen LogP contribution is -2.48. The molecular formula is C17H24N2O3S. The monoisotopic (exact) mass is 336 g/mol. The van der Waals surface area contributed by atoms with Crippen molar-refractivity contribution < 1.29 is 14.3 Å². The van der Waals surface area contributed by atoms with Crippen molar-refractivity contribution in [1.29, 1.82) is 0 Å². The van der Waals surface area contributed by atoms with Crippen LogP contribution < -0.4 is 15.4 Å². The number of rotatable bonds is 5. The molecule has 0 aliphatic heterocycles. The van der Waals surface area contributed by atoms with Crippen LogP contribution in [0.1, 0.15) is 32.6 Å². The van der Waals surface area contributed by atoms with Crippen molar-refractivity contribution >= 4 is 23.7 Å². The lowest BCUT2D eigenvalue weighted by Gasteiger charge is -2.29. The number of amides is 3. The van der Waals surface area contributed by atoms with Crippen LogP contribution >= 0.6 is 11.8 Å². The molecule has 6 heteroatoms. The molecule has 0 bridgehead atoms. The molecule has 2 N–H and O–H groups in total. The zero-order chi connectivity index (χ0) is 16.7. The first-order valence-corrected chi connectivity index (χ1v) is 8.94. The number of carbonyl (C=O) groups excluding carboxylic acids is 2. The molecule has 0 saturated heterocycles. The molecule has 1 fully saturated rings. The highest BCUT2D eigenvalue weighted by Crippen LogP contribution is 2.24. The fourth-order valence-corrected chi connectivity index (χ4v) is 3.48. The summed E-state index contributed by atoms with van der Waals surface area (Å²) in [5.74, 6) is 1.12. The highest BCUT2D eigenvalue weighted by molar-refractivity contribution is 8.00. The number of ether oxygens (including phenoxy) is 1. The molecule has 2 atom stereocenters. The van der Waals surface area contributed by atoms with Crippen LogP contribution in [-0.4, -0.2) is 30.8 Å². The van der Waals surface area contributed by atoms with Crippen LogP contribution in [0.2, 0.25) is 0 Å². The Balaban J connectivity index is 1.74. The second kappa shape index (κ2) is 8.82. The minimum atomic E-state index is -0.389. The standard InChI is InChI=1S/C17H24N2O3S/c1-12-6-3-4-9-15(12)18-17(21)19-16(20)11-23-14-8-5-7-13(10-14)22-2/h5,7-8,10,12,15H,3-4,6,9,11H2,1-2H3,(H2,18,19,20,21). The Morgan fingerprint density at radius 1 is 1.30 bits per heavy atom. The van der Waals surface area contributed by atoms with Crippen molar-refractivity contribution in [1.82, 2.24) is 10.6 Å². The number of hydrogen-bond donors (Lipinski definition) is 2. The van der Waals surface area contributed by atoms with E-state index in [0.717, 1.165) is 29.9 Å². The van der Waals surface area contributed by atoms with Gasteiger partial charge in [-0.25, -0.2) is 4.79 Å². The van der Waals surface area contributed by atoms with Crippen molar-refractivity contribution in [2.75, 3.05) is 12.9 Å². The van der Waals surface area contributed by atoms with Crippen molar-refractivity contribution in [3.63, 3.8) is 0 Å². The smallest absolute Gasteiger partial charge is 0.321 e. The van der Waals surface area contributed by atoms with Crippen molar-refractivity contribution in [3.05, 3.63) is 24.3 Å². The minimum absolute atomic E-state index is 0.169. The van der Waals surface area contributed by atoms with Gasteiger partial charge in [0.1, 0.15) is 5.75 Å². The molecule has 5 nitrogen and oxygen atoms in total. The second-order valence-corrected chi connectivity index (χ2v) is 6.91. The van der Waals surface area contributed by atoms with Gasteiger partial charge >= 0.3 is 6.03 Å². The molecule has 1 aliphatic rings. The average Bonchev–Trinajstić information content (AvgIpc) is 2.55. The van der Waals surface area contributed by atoms with E-state index in [1.54, 1.807) is 7.11 Å². The number of urea groups is 1. The van der Waals surface area contributed by atoms with E-state index < -0.39 is 0 Å². The highest BCUT2D eigenvalue weighted by atomic mass is 32.2. The van der Waals surface area contributed by atoms with Gasteiger partial charge in [0, 0.05) is 10.9 Å². The van der Waals surface area contributed by atoms with Gasteiger partial charge in [-0.15, -0.1) is 11.8 Å². The third kappa shape index (κ3) is 5.78. The molecule has 0 heterocycles. The quantitative estimate of drug-likeness (QED) is 0.810. The zero-order valence-electron chi connectivity index (χ0n) is 13.6. The van der Waals surface area contributed by atoms with Crippen LogP contribution in [0, 0.1) is 5.92 Å². The lowest BCUT2D eigenvalue weighted by molar-refractivity contribution is -0.117. The van der Waals surface area contributed by atoms with E-state index in [-0.39, 0.29) is 23.7 Å². The normalized spacial score (nSPS) is 20.6. The number of imide groups is 1. The van der Waals surface area contributed by atoms with Gasteiger partial charge in [-0.05, 0) is 37.0 Å². The Bertz CT molecular complexity index is 550. The van der Waals surface area contributed by atoms with E-state index in [1.807, 2.05) is 24.3 Å². The average molecular weight is 336 g/mol. The van der Waals surface area contributed by atoms with Gasteiger partial charge in [-0.2, -0.15) is 0 Å². The molecule has 0 aromatic heterocycles. The first-order valence-electron chi connectivity index (χ1n) is 7.95. The van der Waals surface area contributed by atoms with E-state index in [4.69, 9.17) is 4.74 Å². The van der Waals surface area contributed by atoms with E-state index in [9.17, 15) is 9.59 Å². The Morgan fingerprint density at radius 3 is 2.83 bits per heavy atom. The van der Waals surface area contributed by atoms with E-state index in [1.165, 1.54) is 18.2 Å². The van der Waals surface area contributed by atoms with Gasteiger partial charge in [0.2, 0.25) is 5.91 Å². The topological polar surface area (TPSA) is 67.4 Å². The summed E-state index contributed by atoms with van der Waals surface area (Å²) in [7, 11) is 1.60. The van der Waals surface area contributed by atoms with Crippen LogP contribution in [-0.2, 0) is 4.79 Å². The fraction of sp³-hybridized carbons (Fsp3) is 0.529. The van der Waals surface area contributed by atoms with Gasteiger partial charge in [0.05, 0.1) is 12.9 Å². The van der Waals surface area contributed by atoms with E-state index in [0.29, 0.717) is 5.92 Å². The number of methoxy groups -OCH3 is 1. The van der Waals surface area contributed by atoms with Gasteiger partial charge in [0.15, 0.2) is 0 Å². The van der Waals surface area contributed by atoms with Crippen LogP contribution in [0.4, 0.5) is 4.79 Å². The first-order chi connectivity index (χ1) is 11.1. The van der Waals surface area contributed by atoms with Gasteiger partial charge in [-0.3, -0.25) is 10.1 Å². The number of hydrogen-bond acceptors (Lipinski definition) is 4. The summed E-state index contributed by atoms with van der Waals surface area (Å²) in [5.41, 5.74) is 0. The number of nitrogens with one attached hydrogen (secondary N) is 2. The van der Waals surface area contributed by atoms with Crippen molar-refractivity contribution in [3.8, 4) is 5.75 Å². The molecule has 2 unspecified atom stereocenters. The van der Waals surface area contributed by atoms with Gasteiger partial charge < -0.3 is 10.1 Å². The summed E-state index contributed by atoms with van der Waals surface area (Å²) in [5, 5.41) is 5.32. The molecule has 2 rings (SSSR count). The Labute approximate surface area is 141 Å². The van der Waals surface area contributed by atoms with Gasteiger partial charge in [0.25, 0.3) is 0 Å². The Morgan fingerprint density at radius 2 is 2.09 bits per heavy atom. The third-order valence-electron chi connectivity index (χ3n) is 4.09. The summed E-state index contributed by atoms with van der Waals surface area (Å²) >= 11 is 1.37. The van der Waals surface area contributed by atoms with Crippen LogP contribution in [0.3, 0.4) is 0 Å². The summed E-state index contributed by atoms with van der Waals surface area (Å²) < 4.78 is 5.14. The zero-order valence-corrected chi connectivity index (χ0v) is 14.4. The van der Waals surface area contributed by atoms with E-state index >= 15 is 0 Å². The molecule has 23 heavy (non-hydrogen) atoms. The number of carbonyl (C=O) groups is 2. The minimum Gasteiger partial charge on any atom is -0.497 e.